The third-order valence-corrected chi connectivity index (χ3v) is 4.36. The summed E-state index contributed by atoms with van der Waals surface area (Å²) in [5.74, 6) is 0. The van der Waals surface area contributed by atoms with Gasteiger partial charge >= 0.3 is 6.18 Å². The molecule has 2 atom stereocenters. The Morgan fingerprint density at radius 3 is 2.70 bits per heavy atom. The van der Waals surface area contributed by atoms with Gasteiger partial charge < -0.3 is 5.32 Å². The second-order valence-electron chi connectivity index (χ2n) is 5.49. The summed E-state index contributed by atoms with van der Waals surface area (Å²) >= 11 is 6.11. The molecule has 5 heteroatoms. The van der Waals surface area contributed by atoms with Crippen LogP contribution in [0, 0.1) is 0 Å². The van der Waals surface area contributed by atoms with Gasteiger partial charge in [-0.3, -0.25) is 0 Å². The molecule has 0 radical (unpaired) electrons. The fourth-order valence-corrected chi connectivity index (χ4v) is 3.31. The first-order valence-corrected chi connectivity index (χ1v) is 7.15. The zero-order valence-electron chi connectivity index (χ0n) is 10.8. The molecule has 2 bridgehead atoms. The minimum atomic E-state index is -4.33. The Labute approximate surface area is 120 Å². The molecule has 1 N–H and O–H groups in total. The first-order chi connectivity index (χ1) is 9.43. The summed E-state index contributed by atoms with van der Waals surface area (Å²) in [4.78, 5) is 0. The van der Waals surface area contributed by atoms with Crippen LogP contribution in [-0.4, -0.2) is 12.1 Å². The van der Waals surface area contributed by atoms with Crippen molar-refractivity contribution < 1.29 is 13.2 Å². The van der Waals surface area contributed by atoms with Crippen molar-refractivity contribution >= 4 is 17.2 Å². The van der Waals surface area contributed by atoms with Gasteiger partial charge in [-0.25, -0.2) is 0 Å². The standard InChI is InChI=1S/C15H15ClF3N/c16-14-5-4-10(15(17,18)19)8-13(14)9-6-11-2-1-3-12(7-9)20-11/h4-6,8,11-12,20H,1-3,7H2. The number of alkyl halides is 3. The van der Waals surface area contributed by atoms with E-state index in [-0.39, 0.29) is 6.04 Å². The van der Waals surface area contributed by atoms with Crippen LogP contribution in [0.15, 0.2) is 24.3 Å². The summed E-state index contributed by atoms with van der Waals surface area (Å²) in [5, 5.41) is 3.87. The molecule has 2 heterocycles. The number of fused-ring (bicyclic) bond motifs is 2. The van der Waals surface area contributed by atoms with Crippen molar-refractivity contribution in [2.45, 2.75) is 43.9 Å². The lowest BCUT2D eigenvalue weighted by Crippen LogP contribution is -2.44. The highest BCUT2D eigenvalue weighted by Gasteiger charge is 2.32. The van der Waals surface area contributed by atoms with Crippen LogP contribution in [-0.2, 0) is 6.18 Å². The van der Waals surface area contributed by atoms with Crippen molar-refractivity contribution in [3.8, 4) is 0 Å². The Kier molecular flexibility index (Phi) is 3.55. The highest BCUT2D eigenvalue weighted by atomic mass is 35.5. The third kappa shape index (κ3) is 2.72. The average Bonchev–Trinajstić information content (AvgIpc) is 2.37. The van der Waals surface area contributed by atoms with Gasteiger partial charge in [0.1, 0.15) is 0 Å². The van der Waals surface area contributed by atoms with Gasteiger partial charge in [0.15, 0.2) is 0 Å². The lowest BCUT2D eigenvalue weighted by molar-refractivity contribution is -0.137. The number of benzene rings is 1. The van der Waals surface area contributed by atoms with Crippen LogP contribution >= 0.6 is 11.6 Å². The third-order valence-electron chi connectivity index (χ3n) is 4.03. The number of nitrogens with one attached hydrogen (secondary N) is 1. The molecule has 3 rings (SSSR count). The minimum Gasteiger partial charge on any atom is -0.307 e. The van der Waals surface area contributed by atoms with Gasteiger partial charge in [0.05, 0.1) is 5.56 Å². The fourth-order valence-electron chi connectivity index (χ4n) is 3.07. The van der Waals surface area contributed by atoms with E-state index in [1.807, 2.05) is 6.08 Å². The second kappa shape index (κ2) is 5.08. The Morgan fingerprint density at radius 2 is 2.00 bits per heavy atom. The molecule has 1 nitrogen and oxygen atoms in total. The van der Waals surface area contributed by atoms with Crippen LogP contribution in [0.3, 0.4) is 0 Å². The van der Waals surface area contributed by atoms with Crippen LogP contribution in [0.2, 0.25) is 5.02 Å². The molecule has 2 aliphatic rings. The molecule has 0 aliphatic carbocycles. The van der Waals surface area contributed by atoms with Crippen LogP contribution in [0.5, 0.6) is 0 Å². The molecule has 0 amide bonds. The molecule has 1 saturated heterocycles. The second-order valence-corrected chi connectivity index (χ2v) is 5.90. The highest BCUT2D eigenvalue weighted by molar-refractivity contribution is 6.32. The molecule has 108 valence electrons. The minimum absolute atomic E-state index is 0.267. The number of rotatable bonds is 1. The maximum Gasteiger partial charge on any atom is 0.416 e. The van der Waals surface area contributed by atoms with Gasteiger partial charge in [-0.05, 0) is 48.6 Å². The lowest BCUT2D eigenvalue weighted by atomic mass is 9.84. The molecule has 1 aromatic carbocycles. The van der Waals surface area contributed by atoms with E-state index >= 15 is 0 Å². The highest BCUT2D eigenvalue weighted by Crippen LogP contribution is 2.38. The zero-order chi connectivity index (χ0) is 14.3. The quantitative estimate of drug-likeness (QED) is 0.795. The van der Waals surface area contributed by atoms with Gasteiger partial charge in [0, 0.05) is 17.1 Å². The molecular formula is C15H15ClF3N. The smallest absolute Gasteiger partial charge is 0.307 e. The fraction of sp³-hybridized carbons (Fsp3) is 0.467. The molecule has 0 spiro atoms. The van der Waals surface area contributed by atoms with Gasteiger partial charge in [0.25, 0.3) is 0 Å². The summed E-state index contributed by atoms with van der Waals surface area (Å²) in [6.45, 7) is 0. The molecule has 2 unspecified atom stereocenters. The Balaban J connectivity index is 1.99. The maximum atomic E-state index is 12.8. The van der Waals surface area contributed by atoms with Crippen molar-refractivity contribution in [2.24, 2.45) is 0 Å². The van der Waals surface area contributed by atoms with E-state index in [9.17, 15) is 13.2 Å². The molecule has 2 aliphatic heterocycles. The number of hydrogen-bond donors (Lipinski definition) is 1. The van der Waals surface area contributed by atoms with E-state index < -0.39 is 11.7 Å². The largest absolute Gasteiger partial charge is 0.416 e. The average molecular weight is 302 g/mol. The monoisotopic (exact) mass is 301 g/mol. The first kappa shape index (κ1) is 14.0. The Bertz CT molecular complexity index is 551. The van der Waals surface area contributed by atoms with Crippen LogP contribution in [0.4, 0.5) is 13.2 Å². The normalized spacial score (nSPS) is 26.3. The molecular weight excluding hydrogens is 287 g/mol. The van der Waals surface area contributed by atoms with Gasteiger partial charge in [-0.15, -0.1) is 0 Å². The zero-order valence-corrected chi connectivity index (χ0v) is 11.6. The summed E-state index contributed by atoms with van der Waals surface area (Å²) in [6, 6.07) is 4.18. The van der Waals surface area contributed by atoms with Crippen molar-refractivity contribution in [2.75, 3.05) is 0 Å². The van der Waals surface area contributed by atoms with Crippen molar-refractivity contribution in [1.29, 1.82) is 0 Å². The topological polar surface area (TPSA) is 12.0 Å². The Hall–Kier alpha value is -1.00. The van der Waals surface area contributed by atoms with Crippen LogP contribution in [0.1, 0.15) is 36.8 Å². The first-order valence-electron chi connectivity index (χ1n) is 6.77. The molecule has 1 aromatic rings. The lowest BCUT2D eigenvalue weighted by Gasteiger charge is -2.35. The van der Waals surface area contributed by atoms with Crippen molar-refractivity contribution in [1.82, 2.24) is 5.32 Å². The van der Waals surface area contributed by atoms with Gasteiger partial charge in [-0.2, -0.15) is 13.2 Å². The van der Waals surface area contributed by atoms with Gasteiger partial charge in [0.2, 0.25) is 0 Å². The van der Waals surface area contributed by atoms with E-state index in [0.29, 0.717) is 16.6 Å². The molecule has 20 heavy (non-hydrogen) atoms. The Morgan fingerprint density at radius 1 is 1.20 bits per heavy atom. The van der Waals surface area contributed by atoms with Crippen molar-refractivity contribution in [3.05, 3.63) is 40.4 Å². The predicted molar refractivity (Wildman–Crippen MR) is 73.6 cm³/mol. The predicted octanol–water partition coefficient (Wildman–Crippen LogP) is 4.66. The molecule has 0 aromatic heterocycles. The van der Waals surface area contributed by atoms with Crippen LogP contribution in [0.25, 0.3) is 5.57 Å². The number of piperidine rings is 1. The summed E-state index contributed by atoms with van der Waals surface area (Å²) in [5.41, 5.74) is 0.830. The van der Waals surface area contributed by atoms with E-state index in [1.165, 1.54) is 18.6 Å². The van der Waals surface area contributed by atoms with Crippen molar-refractivity contribution in [3.63, 3.8) is 0 Å². The summed E-state index contributed by atoms with van der Waals surface area (Å²) < 4.78 is 38.5. The van der Waals surface area contributed by atoms with E-state index in [0.717, 1.165) is 30.9 Å². The molecule has 1 fully saturated rings. The van der Waals surface area contributed by atoms with E-state index in [4.69, 9.17) is 11.6 Å². The number of hydrogen-bond acceptors (Lipinski definition) is 1. The molecule has 0 saturated carbocycles. The number of halogens is 4. The van der Waals surface area contributed by atoms with Gasteiger partial charge in [-0.1, -0.05) is 24.1 Å². The van der Waals surface area contributed by atoms with E-state index in [1.54, 1.807) is 0 Å². The van der Waals surface area contributed by atoms with Crippen LogP contribution < -0.4 is 5.32 Å². The van der Waals surface area contributed by atoms with E-state index in [2.05, 4.69) is 5.32 Å². The summed E-state index contributed by atoms with van der Waals surface area (Å²) in [7, 11) is 0. The maximum absolute atomic E-state index is 12.8. The SMILES string of the molecule is FC(F)(F)c1ccc(Cl)c(C2=CC3CCCC(C2)N3)c1. The summed E-state index contributed by atoms with van der Waals surface area (Å²) in [6.07, 6.45) is 1.74.